The molecule has 0 aliphatic carbocycles. The van der Waals surface area contributed by atoms with Gasteiger partial charge >= 0.3 is 5.69 Å². The molecule has 0 fully saturated rings. The summed E-state index contributed by atoms with van der Waals surface area (Å²) in [6.45, 7) is 5.90. The minimum Gasteiger partial charge on any atom is -0.307 e. The van der Waals surface area contributed by atoms with Crippen LogP contribution < -0.4 is 16.7 Å². The molecular formula is C15H22N6O3. The lowest BCUT2D eigenvalue weighted by Gasteiger charge is -2.08. The Labute approximate surface area is 138 Å². The van der Waals surface area contributed by atoms with Crippen molar-refractivity contribution < 1.29 is 4.79 Å². The molecule has 0 atom stereocenters. The van der Waals surface area contributed by atoms with Crippen LogP contribution in [0.5, 0.6) is 0 Å². The number of fused-ring (bicyclic) bond motifs is 1. The van der Waals surface area contributed by atoms with Crippen LogP contribution in [0.1, 0.15) is 27.2 Å². The van der Waals surface area contributed by atoms with Gasteiger partial charge in [0.25, 0.3) is 11.5 Å². The lowest BCUT2D eigenvalue weighted by atomic mass is 10.1. The molecule has 9 heteroatoms. The molecule has 0 saturated heterocycles. The van der Waals surface area contributed by atoms with Crippen LogP contribution in [0, 0.1) is 5.92 Å². The maximum atomic E-state index is 12.1. The van der Waals surface area contributed by atoms with Crippen molar-refractivity contribution >= 4 is 22.8 Å². The van der Waals surface area contributed by atoms with Gasteiger partial charge in [-0.25, -0.2) is 15.2 Å². The molecule has 130 valence electrons. The quantitative estimate of drug-likeness (QED) is 0.612. The lowest BCUT2D eigenvalue weighted by Crippen LogP contribution is -2.37. The summed E-state index contributed by atoms with van der Waals surface area (Å²) in [5, 5.41) is 4.05. The molecule has 0 saturated carbocycles. The maximum absolute atomic E-state index is 12.1. The third-order valence-electron chi connectivity index (χ3n) is 3.60. The number of imidazole rings is 1. The van der Waals surface area contributed by atoms with Crippen LogP contribution in [0.25, 0.3) is 11.2 Å². The SMILES string of the molecule is CC(CC(C)C)=NNC(=O)Cn1cnc2c(=O)n(C)c(=O)n(C)c21. The number of hydrogen-bond acceptors (Lipinski definition) is 5. The number of rotatable bonds is 5. The Hall–Kier alpha value is -2.71. The second-order valence-electron chi connectivity index (χ2n) is 6.23. The Balaban J connectivity index is 2.27. The normalized spacial score (nSPS) is 12.2. The molecule has 2 aromatic rings. The summed E-state index contributed by atoms with van der Waals surface area (Å²) in [5.74, 6) is 0.0968. The van der Waals surface area contributed by atoms with E-state index in [0.29, 0.717) is 11.6 Å². The number of hydrogen-bond donors (Lipinski definition) is 1. The average molecular weight is 334 g/mol. The molecule has 2 heterocycles. The standard InChI is InChI=1S/C15H22N6O3/c1-9(2)6-10(3)17-18-11(22)7-21-8-16-12-13(21)19(4)15(24)20(5)14(12)23/h8-9H,6-7H2,1-5H3,(H,18,22). The van der Waals surface area contributed by atoms with E-state index < -0.39 is 11.2 Å². The highest BCUT2D eigenvalue weighted by Crippen LogP contribution is 2.05. The van der Waals surface area contributed by atoms with Gasteiger partial charge in [0.15, 0.2) is 5.52 Å². The highest BCUT2D eigenvalue weighted by Gasteiger charge is 2.15. The fraction of sp³-hybridized carbons (Fsp3) is 0.533. The maximum Gasteiger partial charge on any atom is 0.332 e. The van der Waals surface area contributed by atoms with Gasteiger partial charge in [0, 0.05) is 19.8 Å². The number of nitrogens with zero attached hydrogens (tertiary/aromatic N) is 5. The molecule has 0 unspecified atom stereocenters. The van der Waals surface area contributed by atoms with Gasteiger partial charge in [0.2, 0.25) is 0 Å². The summed E-state index contributed by atoms with van der Waals surface area (Å²) in [6.07, 6.45) is 2.16. The second-order valence-corrected chi connectivity index (χ2v) is 6.23. The van der Waals surface area contributed by atoms with Crippen LogP contribution in [0.15, 0.2) is 21.0 Å². The van der Waals surface area contributed by atoms with Crippen LogP contribution in [-0.2, 0) is 25.4 Å². The van der Waals surface area contributed by atoms with Gasteiger partial charge in [-0.2, -0.15) is 5.10 Å². The van der Waals surface area contributed by atoms with E-state index in [2.05, 4.69) is 29.4 Å². The smallest absolute Gasteiger partial charge is 0.307 e. The first-order chi connectivity index (χ1) is 11.2. The molecule has 0 radical (unpaired) electrons. The van der Waals surface area contributed by atoms with E-state index in [9.17, 15) is 14.4 Å². The first-order valence-corrected chi connectivity index (χ1v) is 7.65. The molecule has 2 aromatic heterocycles. The van der Waals surface area contributed by atoms with Gasteiger partial charge in [-0.05, 0) is 19.3 Å². The topological polar surface area (TPSA) is 103 Å². The number of hydrazone groups is 1. The molecular weight excluding hydrogens is 312 g/mol. The van der Waals surface area contributed by atoms with Crippen LogP contribution >= 0.6 is 0 Å². The van der Waals surface area contributed by atoms with Crippen molar-refractivity contribution in [1.82, 2.24) is 24.1 Å². The molecule has 24 heavy (non-hydrogen) atoms. The molecule has 0 aliphatic rings. The van der Waals surface area contributed by atoms with Gasteiger partial charge < -0.3 is 4.57 Å². The average Bonchev–Trinajstić information content (AvgIpc) is 2.92. The number of aromatic nitrogens is 4. The van der Waals surface area contributed by atoms with E-state index in [-0.39, 0.29) is 18.0 Å². The van der Waals surface area contributed by atoms with Gasteiger partial charge in [0.05, 0.1) is 6.33 Å². The molecule has 9 nitrogen and oxygen atoms in total. The largest absolute Gasteiger partial charge is 0.332 e. The Bertz CT molecular complexity index is 916. The second kappa shape index (κ2) is 6.81. The Morgan fingerprint density at radius 3 is 2.58 bits per heavy atom. The van der Waals surface area contributed by atoms with Gasteiger partial charge in [-0.3, -0.25) is 18.7 Å². The zero-order chi connectivity index (χ0) is 18.0. The molecule has 0 bridgehead atoms. The van der Waals surface area contributed by atoms with E-state index >= 15 is 0 Å². The number of carbonyl (C=O) groups is 1. The van der Waals surface area contributed by atoms with E-state index in [0.717, 1.165) is 16.7 Å². The van der Waals surface area contributed by atoms with Crippen molar-refractivity contribution in [3.05, 3.63) is 27.2 Å². The van der Waals surface area contributed by atoms with Crippen LogP contribution in [0.2, 0.25) is 0 Å². The van der Waals surface area contributed by atoms with Crippen LogP contribution in [0.4, 0.5) is 0 Å². The first kappa shape index (κ1) is 17.6. The Kier molecular flexibility index (Phi) is 5.01. The van der Waals surface area contributed by atoms with Gasteiger partial charge in [-0.15, -0.1) is 0 Å². The van der Waals surface area contributed by atoms with Crippen LogP contribution in [0.3, 0.4) is 0 Å². The fourth-order valence-corrected chi connectivity index (χ4v) is 2.54. The van der Waals surface area contributed by atoms with Crippen molar-refractivity contribution in [3.63, 3.8) is 0 Å². The number of nitrogens with one attached hydrogen (secondary N) is 1. The van der Waals surface area contributed by atoms with E-state index in [4.69, 9.17) is 0 Å². The molecule has 0 spiro atoms. The van der Waals surface area contributed by atoms with Crippen molar-refractivity contribution in [2.45, 2.75) is 33.7 Å². The minimum atomic E-state index is -0.488. The fourth-order valence-electron chi connectivity index (χ4n) is 2.54. The van der Waals surface area contributed by atoms with Gasteiger partial charge in [-0.1, -0.05) is 13.8 Å². The van der Waals surface area contributed by atoms with Crippen molar-refractivity contribution in [2.75, 3.05) is 0 Å². The Morgan fingerprint density at radius 2 is 1.96 bits per heavy atom. The van der Waals surface area contributed by atoms with E-state index in [1.54, 1.807) is 0 Å². The highest BCUT2D eigenvalue weighted by atomic mass is 16.2. The first-order valence-electron chi connectivity index (χ1n) is 7.65. The van der Waals surface area contributed by atoms with Crippen LogP contribution in [-0.4, -0.2) is 30.3 Å². The summed E-state index contributed by atoms with van der Waals surface area (Å²) in [6, 6.07) is 0. The van der Waals surface area contributed by atoms with E-state index in [1.807, 2.05) is 6.92 Å². The Morgan fingerprint density at radius 1 is 1.29 bits per heavy atom. The zero-order valence-electron chi connectivity index (χ0n) is 14.5. The molecule has 1 amide bonds. The monoisotopic (exact) mass is 334 g/mol. The van der Waals surface area contributed by atoms with Crippen molar-refractivity contribution in [2.24, 2.45) is 25.1 Å². The minimum absolute atomic E-state index is 0.0879. The zero-order valence-corrected chi connectivity index (χ0v) is 14.5. The third-order valence-corrected chi connectivity index (χ3v) is 3.60. The molecule has 1 N–H and O–H groups in total. The number of amides is 1. The summed E-state index contributed by atoms with van der Waals surface area (Å²) in [7, 11) is 2.92. The summed E-state index contributed by atoms with van der Waals surface area (Å²) in [4.78, 5) is 40.2. The predicted molar refractivity (Wildman–Crippen MR) is 90.9 cm³/mol. The van der Waals surface area contributed by atoms with Crippen molar-refractivity contribution in [3.8, 4) is 0 Å². The summed E-state index contributed by atoms with van der Waals surface area (Å²) >= 11 is 0. The predicted octanol–water partition coefficient (Wildman–Crippen LogP) is -0.0281. The number of aryl methyl sites for hydroxylation is 1. The van der Waals surface area contributed by atoms with Gasteiger partial charge in [0.1, 0.15) is 12.2 Å². The highest BCUT2D eigenvalue weighted by molar-refractivity contribution is 5.84. The van der Waals surface area contributed by atoms with Crippen molar-refractivity contribution in [1.29, 1.82) is 0 Å². The summed E-state index contributed by atoms with van der Waals surface area (Å²) < 4.78 is 3.74. The van der Waals surface area contributed by atoms with E-state index in [1.165, 1.54) is 29.6 Å². The summed E-state index contributed by atoms with van der Waals surface area (Å²) in [5.41, 5.74) is 2.80. The lowest BCUT2D eigenvalue weighted by molar-refractivity contribution is -0.121. The number of carbonyl (C=O) groups excluding carboxylic acids is 1. The molecule has 0 aromatic carbocycles. The molecule has 0 aliphatic heterocycles. The third kappa shape index (κ3) is 3.44. The molecule has 2 rings (SSSR count).